The Hall–Kier alpha value is -2.34. The Labute approximate surface area is 168 Å². The van der Waals surface area contributed by atoms with Crippen LogP contribution in [0.15, 0.2) is 35.7 Å². The maximum absolute atomic E-state index is 13.0. The second-order valence-electron chi connectivity index (χ2n) is 8.11. The number of thiophene rings is 1. The summed E-state index contributed by atoms with van der Waals surface area (Å²) in [6.07, 6.45) is 7.86. The number of anilines is 1. The van der Waals surface area contributed by atoms with Crippen LogP contribution in [-0.2, 0) is 12.8 Å². The van der Waals surface area contributed by atoms with Crippen molar-refractivity contribution in [1.82, 2.24) is 9.97 Å². The fourth-order valence-corrected chi connectivity index (χ4v) is 5.05. The summed E-state index contributed by atoms with van der Waals surface area (Å²) in [7, 11) is 0. The second-order valence-corrected chi connectivity index (χ2v) is 9.19. The molecule has 28 heavy (non-hydrogen) atoms. The molecule has 4 nitrogen and oxygen atoms in total. The number of nitrogens with one attached hydrogen (secondary N) is 1. The van der Waals surface area contributed by atoms with E-state index in [1.807, 2.05) is 0 Å². The number of hydrazone groups is 1. The van der Waals surface area contributed by atoms with Gasteiger partial charge in [-0.05, 0) is 53.9 Å². The van der Waals surface area contributed by atoms with Crippen molar-refractivity contribution in [3.8, 4) is 0 Å². The third-order valence-electron chi connectivity index (χ3n) is 6.11. The fraction of sp³-hybridized carbons (Fsp3) is 0.409. The van der Waals surface area contributed by atoms with Crippen molar-refractivity contribution in [3.63, 3.8) is 0 Å². The normalized spacial score (nSPS) is 17.2. The molecule has 1 aliphatic carbocycles. The first-order valence-electron chi connectivity index (χ1n) is 9.78. The summed E-state index contributed by atoms with van der Waals surface area (Å²) in [5, 5.41) is 5.43. The number of hydrogen-bond donors (Lipinski definition) is 1. The maximum atomic E-state index is 13.0. The summed E-state index contributed by atoms with van der Waals surface area (Å²) in [4.78, 5) is 11.4. The van der Waals surface area contributed by atoms with E-state index in [9.17, 15) is 4.39 Å². The molecule has 1 aliphatic rings. The van der Waals surface area contributed by atoms with Crippen LogP contribution in [0.25, 0.3) is 10.2 Å². The molecule has 4 rings (SSSR count). The first-order valence-corrected chi connectivity index (χ1v) is 10.6. The molecular formula is C22H25FN4S. The van der Waals surface area contributed by atoms with Crippen LogP contribution in [-0.4, -0.2) is 16.2 Å². The first kappa shape index (κ1) is 19.0. The first-order chi connectivity index (χ1) is 13.5. The van der Waals surface area contributed by atoms with Gasteiger partial charge in [-0.3, -0.25) is 5.43 Å². The van der Waals surface area contributed by atoms with E-state index in [0.29, 0.717) is 11.3 Å². The summed E-state index contributed by atoms with van der Waals surface area (Å²) in [6, 6.07) is 6.24. The highest BCUT2D eigenvalue weighted by molar-refractivity contribution is 7.19. The molecule has 0 spiro atoms. The van der Waals surface area contributed by atoms with Crippen LogP contribution in [0.2, 0.25) is 0 Å². The van der Waals surface area contributed by atoms with Gasteiger partial charge < -0.3 is 0 Å². The molecule has 2 heterocycles. The van der Waals surface area contributed by atoms with Gasteiger partial charge in [0.15, 0.2) is 5.82 Å². The fourth-order valence-electron chi connectivity index (χ4n) is 3.87. The molecule has 0 bridgehead atoms. The molecule has 146 valence electrons. The molecule has 2 aromatic heterocycles. The van der Waals surface area contributed by atoms with Gasteiger partial charge in [-0.25, -0.2) is 14.4 Å². The van der Waals surface area contributed by atoms with E-state index >= 15 is 0 Å². The van der Waals surface area contributed by atoms with Gasteiger partial charge in [0, 0.05) is 4.88 Å². The number of aryl methyl sites for hydroxylation is 1. The molecule has 1 N–H and O–H groups in total. The van der Waals surface area contributed by atoms with E-state index in [2.05, 4.69) is 41.3 Å². The topological polar surface area (TPSA) is 50.2 Å². The Morgan fingerprint density at radius 2 is 2.07 bits per heavy atom. The molecule has 0 aliphatic heterocycles. The van der Waals surface area contributed by atoms with E-state index in [1.54, 1.807) is 36.0 Å². The lowest BCUT2D eigenvalue weighted by molar-refractivity contribution is 0.184. The molecule has 1 aromatic carbocycles. The van der Waals surface area contributed by atoms with Gasteiger partial charge in [0.25, 0.3) is 0 Å². The number of hydrogen-bond acceptors (Lipinski definition) is 5. The van der Waals surface area contributed by atoms with E-state index < -0.39 is 0 Å². The minimum absolute atomic E-state index is 0.253. The van der Waals surface area contributed by atoms with Gasteiger partial charge in [0.1, 0.15) is 17.0 Å². The molecule has 0 fully saturated rings. The maximum Gasteiger partial charge on any atom is 0.158 e. The number of rotatable bonds is 5. The smallest absolute Gasteiger partial charge is 0.158 e. The average molecular weight is 397 g/mol. The van der Waals surface area contributed by atoms with Crippen molar-refractivity contribution < 1.29 is 4.39 Å². The van der Waals surface area contributed by atoms with Gasteiger partial charge in [-0.2, -0.15) is 5.10 Å². The Morgan fingerprint density at radius 1 is 1.29 bits per heavy atom. The Bertz CT molecular complexity index is 1010. The van der Waals surface area contributed by atoms with Gasteiger partial charge in [0.05, 0.1) is 11.6 Å². The van der Waals surface area contributed by atoms with Gasteiger partial charge in [0.2, 0.25) is 0 Å². The van der Waals surface area contributed by atoms with Crippen LogP contribution < -0.4 is 5.43 Å². The lowest BCUT2D eigenvalue weighted by Crippen LogP contribution is -2.28. The summed E-state index contributed by atoms with van der Waals surface area (Å²) < 4.78 is 13.0. The predicted octanol–water partition coefficient (Wildman–Crippen LogP) is 5.82. The van der Waals surface area contributed by atoms with E-state index in [4.69, 9.17) is 0 Å². The third kappa shape index (κ3) is 3.65. The molecule has 0 saturated heterocycles. The highest BCUT2D eigenvalue weighted by atomic mass is 32.1. The molecule has 0 radical (unpaired) electrons. The summed E-state index contributed by atoms with van der Waals surface area (Å²) in [6.45, 7) is 7.03. The zero-order valence-corrected chi connectivity index (χ0v) is 17.3. The SMILES string of the molecule is CCC(C)(C)[C@H]1CCc2sc3ncnc(NN=Cc4ccc(F)cc4)c3c2C1. The lowest BCUT2D eigenvalue weighted by atomic mass is 9.69. The zero-order chi connectivity index (χ0) is 19.7. The summed E-state index contributed by atoms with van der Waals surface area (Å²) in [5.41, 5.74) is 5.63. The van der Waals surface area contributed by atoms with Gasteiger partial charge >= 0.3 is 0 Å². The minimum atomic E-state index is -0.253. The largest absolute Gasteiger partial charge is 0.261 e. The Balaban J connectivity index is 1.63. The molecule has 0 unspecified atom stereocenters. The van der Waals surface area contributed by atoms with Gasteiger partial charge in [-0.15, -0.1) is 11.3 Å². The molecule has 0 amide bonds. The third-order valence-corrected chi connectivity index (χ3v) is 7.31. The lowest BCUT2D eigenvalue weighted by Gasteiger charge is -2.36. The van der Waals surface area contributed by atoms with E-state index in [1.165, 1.54) is 35.4 Å². The van der Waals surface area contributed by atoms with Crippen LogP contribution in [0.3, 0.4) is 0 Å². The number of benzene rings is 1. The monoisotopic (exact) mass is 396 g/mol. The van der Waals surface area contributed by atoms with Crippen LogP contribution >= 0.6 is 11.3 Å². The van der Waals surface area contributed by atoms with Crippen molar-refractivity contribution in [1.29, 1.82) is 0 Å². The van der Waals surface area contributed by atoms with Crippen molar-refractivity contribution >= 4 is 33.6 Å². The van der Waals surface area contributed by atoms with Crippen LogP contribution in [0.4, 0.5) is 10.2 Å². The van der Waals surface area contributed by atoms with Crippen molar-refractivity contribution in [2.75, 3.05) is 5.43 Å². The summed E-state index contributed by atoms with van der Waals surface area (Å²) in [5.74, 6) is 1.16. The predicted molar refractivity (Wildman–Crippen MR) is 115 cm³/mol. The number of nitrogens with zero attached hydrogens (tertiary/aromatic N) is 3. The quantitative estimate of drug-likeness (QED) is 0.437. The van der Waals surface area contributed by atoms with Gasteiger partial charge in [-0.1, -0.05) is 39.3 Å². The Morgan fingerprint density at radius 3 is 2.82 bits per heavy atom. The molecule has 0 saturated carbocycles. The standard InChI is InChI=1S/C22H25FN4S/c1-4-22(2,3)15-7-10-18-17(11-15)19-20(24-13-25-21(19)28-18)27-26-12-14-5-8-16(23)9-6-14/h5-6,8-9,12-13,15H,4,7,10-11H2,1-3H3,(H,24,25,27)/t15-/m0/s1. The van der Waals surface area contributed by atoms with Crippen LogP contribution in [0.1, 0.15) is 49.6 Å². The van der Waals surface area contributed by atoms with Crippen molar-refractivity contribution in [2.45, 2.75) is 46.5 Å². The zero-order valence-electron chi connectivity index (χ0n) is 16.5. The van der Waals surface area contributed by atoms with Crippen LogP contribution in [0.5, 0.6) is 0 Å². The number of aromatic nitrogens is 2. The summed E-state index contributed by atoms with van der Waals surface area (Å²) >= 11 is 1.78. The Kier molecular flexibility index (Phi) is 5.15. The van der Waals surface area contributed by atoms with Crippen LogP contribution in [0, 0.1) is 17.2 Å². The average Bonchev–Trinajstić information content (AvgIpc) is 3.08. The van der Waals surface area contributed by atoms with Crippen molar-refractivity contribution in [3.05, 3.63) is 52.4 Å². The minimum Gasteiger partial charge on any atom is -0.261 e. The number of fused-ring (bicyclic) bond motifs is 3. The highest BCUT2D eigenvalue weighted by Crippen LogP contribution is 2.45. The highest BCUT2D eigenvalue weighted by Gasteiger charge is 2.33. The molecule has 1 atom stereocenters. The molecule has 6 heteroatoms. The molecular weight excluding hydrogens is 371 g/mol. The molecule has 3 aromatic rings. The van der Waals surface area contributed by atoms with E-state index in [-0.39, 0.29) is 5.82 Å². The van der Waals surface area contributed by atoms with E-state index in [0.717, 1.165) is 34.4 Å². The number of halogens is 1. The second kappa shape index (κ2) is 7.59. The van der Waals surface area contributed by atoms with Crippen molar-refractivity contribution in [2.24, 2.45) is 16.4 Å².